The Morgan fingerprint density at radius 3 is 2.34 bits per heavy atom. The number of rotatable bonds is 5. The van der Waals surface area contributed by atoms with E-state index in [2.05, 4.69) is 10.1 Å². The lowest BCUT2D eigenvalue weighted by molar-refractivity contribution is -0.130. The van der Waals surface area contributed by atoms with Crippen LogP contribution in [-0.2, 0) is 15.1 Å². The number of amides is 3. The molecule has 1 aliphatic rings. The van der Waals surface area contributed by atoms with Gasteiger partial charge in [-0.05, 0) is 36.8 Å². The number of nitrogens with zero attached hydrogens (tertiary/aromatic N) is 1. The van der Waals surface area contributed by atoms with E-state index in [-0.39, 0.29) is 5.56 Å². The number of urea groups is 1. The molecule has 1 N–H and O–H groups in total. The maximum atomic E-state index is 13.8. The maximum Gasteiger partial charge on any atom is 0.337 e. The molecule has 0 aliphatic carbocycles. The van der Waals surface area contributed by atoms with Crippen LogP contribution in [0.4, 0.5) is 13.6 Å². The molecule has 1 fully saturated rings. The lowest BCUT2D eigenvalue weighted by atomic mass is 9.91. The van der Waals surface area contributed by atoms with E-state index in [1.54, 1.807) is 0 Å². The number of esters is 1. The van der Waals surface area contributed by atoms with Crippen LogP contribution in [0.2, 0.25) is 0 Å². The molecule has 1 atom stereocenters. The lowest BCUT2D eigenvalue weighted by Gasteiger charge is -2.22. The quantitative estimate of drug-likeness (QED) is 0.471. The van der Waals surface area contributed by atoms with E-state index in [1.807, 2.05) is 0 Å². The number of carbonyl (C=O) groups is 4. The summed E-state index contributed by atoms with van der Waals surface area (Å²) in [5.74, 6) is -4.06. The van der Waals surface area contributed by atoms with Crippen molar-refractivity contribution < 1.29 is 32.7 Å². The molecule has 2 aromatic carbocycles. The molecule has 1 aliphatic heterocycles. The van der Waals surface area contributed by atoms with E-state index >= 15 is 0 Å². The van der Waals surface area contributed by atoms with Gasteiger partial charge in [-0.3, -0.25) is 14.5 Å². The average molecular weight is 402 g/mol. The first-order valence-electron chi connectivity index (χ1n) is 8.48. The zero-order chi connectivity index (χ0) is 21.3. The van der Waals surface area contributed by atoms with Gasteiger partial charge in [0.25, 0.3) is 5.91 Å². The van der Waals surface area contributed by atoms with Gasteiger partial charge in [0.05, 0.1) is 24.8 Å². The summed E-state index contributed by atoms with van der Waals surface area (Å²) in [6.45, 7) is 0.742. The fourth-order valence-electron chi connectivity index (χ4n) is 3.04. The van der Waals surface area contributed by atoms with E-state index in [1.165, 1.54) is 38.3 Å². The molecule has 150 valence electrons. The monoisotopic (exact) mass is 402 g/mol. The second-order valence-electron chi connectivity index (χ2n) is 6.56. The molecular formula is C20H16F2N2O5. The van der Waals surface area contributed by atoms with Crippen molar-refractivity contribution in [3.05, 3.63) is 70.8 Å². The van der Waals surface area contributed by atoms with Crippen molar-refractivity contribution >= 4 is 23.7 Å². The number of imide groups is 1. The fourth-order valence-corrected chi connectivity index (χ4v) is 3.04. The van der Waals surface area contributed by atoms with Gasteiger partial charge in [0.15, 0.2) is 5.78 Å². The minimum absolute atomic E-state index is 0.260. The normalized spacial score (nSPS) is 18.6. The lowest BCUT2D eigenvalue weighted by Crippen LogP contribution is -2.41. The second kappa shape index (κ2) is 7.42. The summed E-state index contributed by atoms with van der Waals surface area (Å²) in [5.41, 5.74) is -1.27. The van der Waals surface area contributed by atoms with Crippen LogP contribution in [0.3, 0.4) is 0 Å². The summed E-state index contributed by atoms with van der Waals surface area (Å²) in [6.07, 6.45) is 0. The van der Waals surface area contributed by atoms with Crippen LogP contribution in [0.25, 0.3) is 0 Å². The Kier molecular flexibility index (Phi) is 5.15. The van der Waals surface area contributed by atoms with Gasteiger partial charge in [-0.1, -0.05) is 12.1 Å². The smallest absolute Gasteiger partial charge is 0.337 e. The molecule has 3 amide bonds. The van der Waals surface area contributed by atoms with Gasteiger partial charge in [-0.15, -0.1) is 0 Å². The van der Waals surface area contributed by atoms with Gasteiger partial charge >= 0.3 is 12.0 Å². The number of halogens is 2. The molecule has 0 saturated carbocycles. The number of nitrogens with one attached hydrogen (secondary N) is 1. The van der Waals surface area contributed by atoms with Crippen molar-refractivity contribution in [2.24, 2.45) is 0 Å². The number of benzene rings is 2. The zero-order valence-electron chi connectivity index (χ0n) is 15.5. The number of ketones is 1. The molecule has 2 aromatic rings. The fraction of sp³-hybridized carbons (Fsp3) is 0.200. The minimum atomic E-state index is -1.48. The van der Waals surface area contributed by atoms with Crippen molar-refractivity contribution in [1.29, 1.82) is 0 Å². The van der Waals surface area contributed by atoms with Crippen LogP contribution >= 0.6 is 0 Å². The molecule has 0 radical (unpaired) electrons. The Morgan fingerprint density at radius 2 is 1.76 bits per heavy atom. The molecule has 0 spiro atoms. The van der Waals surface area contributed by atoms with E-state index in [4.69, 9.17) is 0 Å². The van der Waals surface area contributed by atoms with Gasteiger partial charge in [0.2, 0.25) is 0 Å². The first-order chi connectivity index (χ1) is 13.7. The van der Waals surface area contributed by atoms with Crippen molar-refractivity contribution in [2.45, 2.75) is 12.5 Å². The first kappa shape index (κ1) is 20.1. The average Bonchev–Trinajstić information content (AvgIpc) is 2.91. The van der Waals surface area contributed by atoms with E-state index in [9.17, 15) is 28.0 Å². The molecule has 1 unspecified atom stereocenters. The molecule has 0 bridgehead atoms. The van der Waals surface area contributed by atoms with Crippen LogP contribution < -0.4 is 5.32 Å². The number of carbonyl (C=O) groups excluding carboxylic acids is 4. The summed E-state index contributed by atoms with van der Waals surface area (Å²) in [5, 5.41) is 2.50. The SMILES string of the molecule is COC(=O)c1ccc(C2(C)NC(=O)N(CC(=O)c3ccc(F)cc3F)C2=O)cc1. The highest BCUT2D eigenvalue weighted by atomic mass is 19.1. The van der Waals surface area contributed by atoms with Crippen LogP contribution in [0.5, 0.6) is 0 Å². The maximum absolute atomic E-state index is 13.8. The predicted molar refractivity (Wildman–Crippen MR) is 96.1 cm³/mol. The highest BCUT2D eigenvalue weighted by Gasteiger charge is 2.49. The van der Waals surface area contributed by atoms with Gasteiger partial charge in [0.1, 0.15) is 17.2 Å². The topological polar surface area (TPSA) is 92.8 Å². The first-order valence-corrected chi connectivity index (χ1v) is 8.48. The summed E-state index contributed by atoms with van der Waals surface area (Å²) < 4.78 is 31.4. The Bertz CT molecular complexity index is 1020. The summed E-state index contributed by atoms with van der Waals surface area (Å²) >= 11 is 0. The third-order valence-electron chi connectivity index (χ3n) is 4.69. The number of Topliss-reactive ketones (excluding diaryl/α,β-unsaturated/α-hetero) is 1. The molecule has 7 nitrogen and oxygen atoms in total. The number of methoxy groups -OCH3 is 1. The number of ether oxygens (including phenoxy) is 1. The zero-order valence-corrected chi connectivity index (χ0v) is 15.5. The molecule has 3 rings (SSSR count). The molecule has 9 heteroatoms. The third kappa shape index (κ3) is 3.58. The largest absolute Gasteiger partial charge is 0.465 e. The minimum Gasteiger partial charge on any atom is -0.465 e. The molecule has 0 aromatic heterocycles. The van der Waals surface area contributed by atoms with Crippen molar-refractivity contribution in [3.8, 4) is 0 Å². The van der Waals surface area contributed by atoms with Gasteiger partial charge in [-0.2, -0.15) is 0 Å². The van der Waals surface area contributed by atoms with Gasteiger partial charge < -0.3 is 10.1 Å². The summed E-state index contributed by atoms with van der Waals surface area (Å²) in [6, 6.07) is 7.42. The van der Waals surface area contributed by atoms with Crippen LogP contribution in [0.1, 0.15) is 33.2 Å². The molecule has 29 heavy (non-hydrogen) atoms. The molecular weight excluding hydrogens is 386 g/mol. The summed E-state index contributed by atoms with van der Waals surface area (Å²) in [7, 11) is 1.23. The van der Waals surface area contributed by atoms with Gasteiger partial charge in [0, 0.05) is 6.07 Å². The standard InChI is InChI=1S/C20H16F2N2O5/c1-20(12-5-3-11(4-6-12)17(26)29-2)18(27)24(19(28)23-20)10-16(25)14-8-7-13(21)9-15(14)22/h3-9H,10H2,1-2H3,(H,23,28). The van der Waals surface area contributed by atoms with Crippen LogP contribution in [-0.4, -0.2) is 42.2 Å². The van der Waals surface area contributed by atoms with E-state index < -0.39 is 53.0 Å². The van der Waals surface area contributed by atoms with Crippen molar-refractivity contribution in [3.63, 3.8) is 0 Å². The Hall–Kier alpha value is -3.62. The highest BCUT2D eigenvalue weighted by Crippen LogP contribution is 2.29. The molecule has 1 heterocycles. The van der Waals surface area contributed by atoms with Crippen LogP contribution in [0, 0.1) is 11.6 Å². The second-order valence-corrected chi connectivity index (χ2v) is 6.56. The van der Waals surface area contributed by atoms with Crippen molar-refractivity contribution in [2.75, 3.05) is 13.7 Å². The van der Waals surface area contributed by atoms with E-state index in [0.717, 1.165) is 12.1 Å². The Labute approximate surface area is 164 Å². The number of hydrogen-bond acceptors (Lipinski definition) is 5. The van der Waals surface area contributed by atoms with E-state index in [0.29, 0.717) is 16.5 Å². The predicted octanol–water partition coefficient (Wildman–Crippen LogP) is 2.40. The highest BCUT2D eigenvalue weighted by molar-refractivity contribution is 6.11. The molecule has 1 saturated heterocycles. The third-order valence-corrected chi connectivity index (χ3v) is 4.69. The Morgan fingerprint density at radius 1 is 1.10 bits per heavy atom. The number of hydrogen-bond donors (Lipinski definition) is 1. The Balaban J connectivity index is 1.83. The summed E-state index contributed by atoms with van der Waals surface area (Å²) in [4.78, 5) is 49.7. The van der Waals surface area contributed by atoms with Crippen LogP contribution in [0.15, 0.2) is 42.5 Å². The van der Waals surface area contributed by atoms with Gasteiger partial charge in [-0.25, -0.2) is 18.4 Å². The van der Waals surface area contributed by atoms with Crippen molar-refractivity contribution in [1.82, 2.24) is 10.2 Å².